The summed E-state index contributed by atoms with van der Waals surface area (Å²) in [7, 11) is 0. The van der Waals surface area contributed by atoms with Gasteiger partial charge in [-0.25, -0.2) is 9.89 Å². The van der Waals surface area contributed by atoms with Crippen molar-refractivity contribution < 1.29 is 9.15 Å². The van der Waals surface area contributed by atoms with Crippen LogP contribution in [0.15, 0.2) is 9.21 Å². The van der Waals surface area contributed by atoms with Gasteiger partial charge in [0.15, 0.2) is 0 Å². The van der Waals surface area contributed by atoms with Crippen LogP contribution in [0.3, 0.4) is 0 Å². The molecule has 14 heavy (non-hydrogen) atoms. The minimum atomic E-state index is -0.472. The van der Waals surface area contributed by atoms with Gasteiger partial charge in [0.05, 0.1) is 6.10 Å². The first-order valence-electron chi connectivity index (χ1n) is 4.94. The molecule has 0 unspecified atom stereocenters. The second kappa shape index (κ2) is 3.96. The van der Waals surface area contributed by atoms with E-state index >= 15 is 0 Å². The van der Waals surface area contributed by atoms with Gasteiger partial charge >= 0.3 is 5.76 Å². The van der Waals surface area contributed by atoms with Crippen LogP contribution in [0.4, 0.5) is 0 Å². The molecule has 1 aromatic heterocycles. The summed E-state index contributed by atoms with van der Waals surface area (Å²) < 4.78 is 10.3. The number of nitrogens with one attached hydrogen (secondary N) is 1. The van der Waals surface area contributed by atoms with Crippen molar-refractivity contribution >= 4 is 0 Å². The molecule has 0 spiro atoms. The second-order valence-corrected chi connectivity index (χ2v) is 3.63. The van der Waals surface area contributed by atoms with Crippen LogP contribution in [0, 0.1) is 5.92 Å². The zero-order valence-electron chi connectivity index (χ0n) is 8.16. The van der Waals surface area contributed by atoms with E-state index in [0.717, 1.165) is 25.9 Å². The first-order valence-corrected chi connectivity index (χ1v) is 4.94. The van der Waals surface area contributed by atoms with E-state index in [0.29, 0.717) is 17.9 Å². The number of hydrogen-bond acceptors (Lipinski definition) is 4. The molecule has 1 aliphatic carbocycles. The van der Waals surface area contributed by atoms with Crippen LogP contribution in [0.5, 0.6) is 0 Å². The molecule has 0 radical (unpaired) electrons. The van der Waals surface area contributed by atoms with Gasteiger partial charge in [0.25, 0.3) is 0 Å². The molecule has 1 aromatic rings. The van der Waals surface area contributed by atoms with Crippen molar-refractivity contribution in [3.63, 3.8) is 0 Å². The van der Waals surface area contributed by atoms with E-state index in [4.69, 9.17) is 9.15 Å². The highest BCUT2D eigenvalue weighted by molar-refractivity contribution is 4.87. The first kappa shape index (κ1) is 9.45. The number of H-pyrrole nitrogens is 1. The number of rotatable bonds is 4. The van der Waals surface area contributed by atoms with Gasteiger partial charge in [-0.05, 0) is 25.7 Å². The Bertz CT molecular complexity index is 338. The molecule has 2 rings (SSSR count). The molecule has 5 heteroatoms. The molecule has 1 aliphatic rings. The number of nitrogens with zero attached hydrogens (tertiary/aromatic N) is 1. The summed E-state index contributed by atoms with van der Waals surface area (Å²) in [6.45, 7) is 2.77. The quantitative estimate of drug-likeness (QED) is 0.774. The number of ether oxygens (including phenoxy) is 1. The third kappa shape index (κ3) is 2.04. The maximum atomic E-state index is 10.6. The molecule has 1 N–H and O–H groups in total. The fraction of sp³-hybridized carbons (Fsp3) is 0.778. The Morgan fingerprint density at radius 2 is 2.43 bits per heavy atom. The lowest BCUT2D eigenvalue weighted by Crippen LogP contribution is -2.32. The van der Waals surface area contributed by atoms with Gasteiger partial charge in [-0.3, -0.25) is 0 Å². The third-order valence-corrected chi connectivity index (χ3v) is 2.54. The summed E-state index contributed by atoms with van der Waals surface area (Å²) in [6.07, 6.45) is 3.23. The fourth-order valence-electron chi connectivity index (χ4n) is 1.81. The van der Waals surface area contributed by atoms with E-state index in [2.05, 4.69) is 10.2 Å². The Morgan fingerprint density at radius 3 is 3.00 bits per heavy atom. The summed E-state index contributed by atoms with van der Waals surface area (Å²) in [5.74, 6) is 0.591. The van der Waals surface area contributed by atoms with Gasteiger partial charge in [0, 0.05) is 13.0 Å². The fourth-order valence-corrected chi connectivity index (χ4v) is 1.81. The molecule has 0 amide bonds. The van der Waals surface area contributed by atoms with Crippen LogP contribution >= 0.6 is 0 Å². The highest BCUT2D eigenvalue weighted by Gasteiger charge is 2.30. The highest BCUT2D eigenvalue weighted by Crippen LogP contribution is 2.32. The van der Waals surface area contributed by atoms with Crippen molar-refractivity contribution in [1.29, 1.82) is 0 Å². The van der Waals surface area contributed by atoms with Crippen molar-refractivity contribution in [2.75, 3.05) is 6.61 Å². The normalized spacial score (nSPS) is 26.1. The van der Waals surface area contributed by atoms with E-state index in [1.54, 1.807) is 0 Å². The van der Waals surface area contributed by atoms with Crippen LogP contribution in [0.1, 0.15) is 25.7 Å². The predicted octanol–water partition coefficient (Wildman–Crippen LogP) is 0.721. The molecular formula is C9H14N2O3. The molecule has 5 nitrogen and oxygen atoms in total. The van der Waals surface area contributed by atoms with Crippen LogP contribution in [-0.4, -0.2) is 22.9 Å². The monoisotopic (exact) mass is 198 g/mol. The van der Waals surface area contributed by atoms with Crippen molar-refractivity contribution in [2.45, 2.75) is 32.3 Å². The second-order valence-electron chi connectivity index (χ2n) is 3.63. The van der Waals surface area contributed by atoms with Crippen molar-refractivity contribution in [3.8, 4) is 0 Å². The van der Waals surface area contributed by atoms with E-state index in [1.165, 1.54) is 0 Å². The van der Waals surface area contributed by atoms with Gasteiger partial charge in [-0.2, -0.15) is 0 Å². The molecule has 1 saturated carbocycles. The Hall–Kier alpha value is -1.10. The van der Waals surface area contributed by atoms with E-state index in [9.17, 15) is 4.79 Å². The van der Waals surface area contributed by atoms with Gasteiger partial charge in [0.2, 0.25) is 5.89 Å². The molecular weight excluding hydrogens is 184 g/mol. The molecule has 0 aromatic carbocycles. The molecule has 78 valence electrons. The van der Waals surface area contributed by atoms with Gasteiger partial charge in [-0.15, -0.1) is 5.10 Å². The summed E-state index contributed by atoms with van der Waals surface area (Å²) in [5, 5.41) is 6.02. The van der Waals surface area contributed by atoms with E-state index < -0.39 is 5.76 Å². The van der Waals surface area contributed by atoms with Crippen LogP contribution < -0.4 is 5.76 Å². The zero-order chi connectivity index (χ0) is 9.97. The third-order valence-electron chi connectivity index (χ3n) is 2.54. The summed E-state index contributed by atoms with van der Waals surface area (Å²) in [6, 6.07) is 0. The van der Waals surface area contributed by atoms with Crippen LogP contribution in [-0.2, 0) is 11.2 Å². The minimum absolute atomic E-state index is 0.399. The lowest BCUT2D eigenvalue weighted by Gasteiger charge is -2.33. The lowest BCUT2D eigenvalue weighted by atomic mass is 9.80. The Morgan fingerprint density at radius 1 is 1.64 bits per heavy atom. The largest absolute Gasteiger partial charge is 0.434 e. The SMILES string of the molecule is CCOC1CC(Cc2n[nH]c(=O)o2)C1. The van der Waals surface area contributed by atoms with Crippen LogP contribution in [0.2, 0.25) is 0 Å². The highest BCUT2D eigenvalue weighted by atomic mass is 16.5. The van der Waals surface area contributed by atoms with E-state index in [-0.39, 0.29) is 0 Å². The van der Waals surface area contributed by atoms with Crippen molar-refractivity contribution in [2.24, 2.45) is 5.92 Å². The number of aromatic amines is 1. The maximum absolute atomic E-state index is 10.6. The van der Waals surface area contributed by atoms with Gasteiger partial charge in [0.1, 0.15) is 0 Å². The number of hydrogen-bond donors (Lipinski definition) is 1. The first-order chi connectivity index (χ1) is 6.78. The summed E-state index contributed by atoms with van der Waals surface area (Å²) in [5.41, 5.74) is 0. The lowest BCUT2D eigenvalue weighted by molar-refractivity contribution is -0.0255. The molecule has 0 atom stereocenters. The van der Waals surface area contributed by atoms with Crippen LogP contribution in [0.25, 0.3) is 0 Å². The topological polar surface area (TPSA) is 68.1 Å². The van der Waals surface area contributed by atoms with Gasteiger partial charge in [-0.1, -0.05) is 0 Å². The predicted molar refractivity (Wildman–Crippen MR) is 49.0 cm³/mol. The Labute approximate surface area is 81.5 Å². The smallest absolute Gasteiger partial charge is 0.392 e. The van der Waals surface area contributed by atoms with Crippen molar-refractivity contribution in [3.05, 3.63) is 16.4 Å². The average molecular weight is 198 g/mol. The molecule has 0 saturated heterocycles. The summed E-state index contributed by atoms with van der Waals surface area (Å²) >= 11 is 0. The van der Waals surface area contributed by atoms with E-state index in [1.807, 2.05) is 6.92 Å². The average Bonchev–Trinajstić information content (AvgIpc) is 2.48. The van der Waals surface area contributed by atoms with Crippen molar-refractivity contribution in [1.82, 2.24) is 10.2 Å². The molecule has 0 aliphatic heterocycles. The summed E-state index contributed by atoms with van der Waals surface area (Å²) in [4.78, 5) is 10.6. The Balaban J connectivity index is 1.76. The zero-order valence-corrected chi connectivity index (χ0v) is 8.16. The molecule has 1 heterocycles. The molecule has 0 bridgehead atoms. The maximum Gasteiger partial charge on any atom is 0.434 e. The minimum Gasteiger partial charge on any atom is -0.392 e. The Kier molecular flexibility index (Phi) is 2.67. The van der Waals surface area contributed by atoms with Gasteiger partial charge < -0.3 is 9.15 Å². The number of aromatic nitrogens is 2. The molecule has 1 fully saturated rings. The standard InChI is InChI=1S/C9H14N2O3/c1-2-13-7-3-6(4-7)5-8-10-11-9(12)14-8/h6-7H,2-5H2,1H3,(H,11,12).